The zero-order valence-electron chi connectivity index (χ0n) is 14.8. The molecule has 1 aromatic rings. The van der Waals surface area contributed by atoms with Crippen molar-refractivity contribution in [1.29, 1.82) is 0 Å². The van der Waals surface area contributed by atoms with Crippen molar-refractivity contribution in [2.24, 2.45) is 5.41 Å². The van der Waals surface area contributed by atoms with E-state index < -0.39 is 12.1 Å². The summed E-state index contributed by atoms with van der Waals surface area (Å²) in [5.74, 6) is -0.819. The highest BCUT2D eigenvalue weighted by Gasteiger charge is 2.36. The van der Waals surface area contributed by atoms with E-state index in [2.05, 4.69) is 20.8 Å². The maximum atomic E-state index is 12.1. The normalized spacial score (nSPS) is 18.0. The molecule has 24 heavy (non-hydrogen) atoms. The van der Waals surface area contributed by atoms with Crippen LogP contribution in [-0.4, -0.2) is 29.6 Å². The average Bonchev–Trinajstić information content (AvgIpc) is 3.12. The van der Waals surface area contributed by atoms with Crippen LogP contribution in [0.15, 0.2) is 34.2 Å². The van der Waals surface area contributed by atoms with Crippen molar-refractivity contribution in [1.82, 2.24) is 0 Å². The summed E-state index contributed by atoms with van der Waals surface area (Å²) >= 11 is 0. The Kier molecular flexibility index (Phi) is 5.65. The molecule has 132 valence electrons. The number of esters is 1. The zero-order chi connectivity index (χ0) is 17.9. The molecule has 0 saturated heterocycles. The Bertz CT molecular complexity index is 619. The van der Waals surface area contributed by atoms with E-state index in [1.54, 1.807) is 19.5 Å². The number of Topliss-reactive ketones (excluding diaryl/α,β-unsaturated/α-hetero) is 1. The molecule has 5 nitrogen and oxygen atoms in total. The van der Waals surface area contributed by atoms with Crippen LogP contribution in [0.5, 0.6) is 0 Å². The molecule has 0 fully saturated rings. The fourth-order valence-electron chi connectivity index (χ4n) is 3.29. The highest BCUT2D eigenvalue weighted by atomic mass is 16.5. The fourth-order valence-corrected chi connectivity index (χ4v) is 3.29. The van der Waals surface area contributed by atoms with E-state index in [0.717, 1.165) is 5.56 Å². The Morgan fingerprint density at radius 2 is 2.08 bits per heavy atom. The number of aliphatic hydroxyl groups excluding tert-OH is 1. The zero-order valence-corrected chi connectivity index (χ0v) is 14.8. The Hall–Kier alpha value is -1.88. The Labute approximate surface area is 142 Å². The third-order valence-corrected chi connectivity index (χ3v) is 4.55. The molecular weight excluding hydrogens is 308 g/mol. The van der Waals surface area contributed by atoms with Crippen LogP contribution >= 0.6 is 0 Å². The monoisotopic (exact) mass is 334 g/mol. The van der Waals surface area contributed by atoms with E-state index in [-0.39, 0.29) is 35.7 Å². The van der Waals surface area contributed by atoms with Gasteiger partial charge in [0, 0.05) is 6.42 Å². The second-order valence-electron chi connectivity index (χ2n) is 7.27. The Balaban J connectivity index is 2.27. The fraction of sp³-hybridized carbons (Fsp3) is 0.579. The molecule has 0 spiro atoms. The topological polar surface area (TPSA) is 76.7 Å². The summed E-state index contributed by atoms with van der Waals surface area (Å²) in [5, 5.41) is 10.7. The summed E-state index contributed by atoms with van der Waals surface area (Å²) in [7, 11) is 0. The molecule has 5 heteroatoms. The molecule has 1 aromatic heterocycles. The summed E-state index contributed by atoms with van der Waals surface area (Å²) in [6.45, 7) is 8.19. The highest BCUT2D eigenvalue weighted by Crippen LogP contribution is 2.41. The van der Waals surface area contributed by atoms with Gasteiger partial charge >= 0.3 is 5.97 Å². The largest absolute Gasteiger partial charge is 0.472 e. The number of hydrogen-bond donors (Lipinski definition) is 1. The van der Waals surface area contributed by atoms with Gasteiger partial charge in [-0.2, -0.15) is 0 Å². The van der Waals surface area contributed by atoms with Gasteiger partial charge in [-0.1, -0.05) is 20.8 Å². The molecule has 0 unspecified atom stereocenters. The van der Waals surface area contributed by atoms with Crippen molar-refractivity contribution in [2.75, 3.05) is 6.61 Å². The van der Waals surface area contributed by atoms with Gasteiger partial charge in [-0.15, -0.1) is 0 Å². The molecule has 0 saturated carbocycles. The van der Waals surface area contributed by atoms with Crippen LogP contribution in [0, 0.1) is 5.41 Å². The van der Waals surface area contributed by atoms with E-state index in [9.17, 15) is 14.7 Å². The first-order chi connectivity index (χ1) is 11.3. The van der Waals surface area contributed by atoms with Crippen molar-refractivity contribution in [3.8, 4) is 0 Å². The van der Waals surface area contributed by atoms with Gasteiger partial charge in [0.25, 0.3) is 0 Å². The predicted octanol–water partition coefficient (Wildman–Crippen LogP) is 3.38. The maximum Gasteiger partial charge on any atom is 0.341 e. The van der Waals surface area contributed by atoms with Crippen LogP contribution in [0.1, 0.15) is 58.4 Å². The molecule has 1 heterocycles. The van der Waals surface area contributed by atoms with Crippen molar-refractivity contribution in [3.63, 3.8) is 0 Å². The van der Waals surface area contributed by atoms with Gasteiger partial charge in [0.05, 0.1) is 25.2 Å². The van der Waals surface area contributed by atoms with Crippen molar-refractivity contribution >= 4 is 11.8 Å². The summed E-state index contributed by atoms with van der Waals surface area (Å²) in [4.78, 5) is 24.1. The molecule has 0 amide bonds. The van der Waals surface area contributed by atoms with Crippen LogP contribution in [0.2, 0.25) is 0 Å². The van der Waals surface area contributed by atoms with Gasteiger partial charge in [0.2, 0.25) is 0 Å². The summed E-state index contributed by atoms with van der Waals surface area (Å²) in [6.07, 6.45) is 3.54. The summed E-state index contributed by atoms with van der Waals surface area (Å²) in [6, 6.07) is 1.89. The van der Waals surface area contributed by atoms with Gasteiger partial charge in [-0.3, -0.25) is 4.79 Å². The third-order valence-electron chi connectivity index (χ3n) is 4.55. The minimum atomic E-state index is -0.852. The van der Waals surface area contributed by atoms with E-state index in [4.69, 9.17) is 9.15 Å². The SMILES string of the molecule is CCOC(=O)C1=C([C@H](O)C[C@H](c2ccoc2)C(C)(C)C)CCC1=O. The molecule has 1 N–H and O–H groups in total. The minimum Gasteiger partial charge on any atom is -0.472 e. The van der Waals surface area contributed by atoms with Gasteiger partial charge in [0.1, 0.15) is 5.57 Å². The molecule has 2 atom stereocenters. The number of rotatable bonds is 6. The van der Waals surface area contributed by atoms with Crippen LogP contribution in [0.3, 0.4) is 0 Å². The summed E-state index contributed by atoms with van der Waals surface area (Å²) in [5.41, 5.74) is 1.46. The lowest BCUT2D eigenvalue weighted by Crippen LogP contribution is -2.25. The quantitative estimate of drug-likeness (QED) is 0.637. The lowest BCUT2D eigenvalue weighted by Gasteiger charge is -2.32. The van der Waals surface area contributed by atoms with Gasteiger partial charge < -0.3 is 14.3 Å². The lowest BCUT2D eigenvalue weighted by atomic mass is 9.73. The van der Waals surface area contributed by atoms with Gasteiger partial charge in [-0.05, 0) is 48.3 Å². The van der Waals surface area contributed by atoms with Crippen molar-refractivity contribution < 1.29 is 23.8 Å². The molecule has 0 aromatic carbocycles. The van der Waals surface area contributed by atoms with Gasteiger partial charge in [0.15, 0.2) is 5.78 Å². The number of ketones is 1. The molecule has 2 rings (SSSR count). The number of carbonyl (C=O) groups excluding carboxylic acids is 2. The number of hydrogen-bond acceptors (Lipinski definition) is 5. The van der Waals surface area contributed by atoms with Crippen molar-refractivity contribution in [2.45, 2.75) is 59.0 Å². The first-order valence-corrected chi connectivity index (χ1v) is 8.39. The number of carbonyl (C=O) groups is 2. The van der Waals surface area contributed by atoms with E-state index in [0.29, 0.717) is 18.4 Å². The smallest absolute Gasteiger partial charge is 0.341 e. The minimum absolute atomic E-state index is 0.0397. The molecule has 1 aliphatic carbocycles. The van der Waals surface area contributed by atoms with Crippen molar-refractivity contribution in [3.05, 3.63) is 35.3 Å². The second kappa shape index (κ2) is 7.34. The molecule has 1 aliphatic rings. The predicted molar refractivity (Wildman–Crippen MR) is 89.4 cm³/mol. The van der Waals surface area contributed by atoms with E-state index in [1.165, 1.54) is 0 Å². The molecule has 0 aliphatic heterocycles. The number of aliphatic hydroxyl groups is 1. The average molecular weight is 334 g/mol. The first-order valence-electron chi connectivity index (χ1n) is 8.39. The number of furan rings is 1. The highest BCUT2D eigenvalue weighted by molar-refractivity contribution is 6.19. The maximum absolute atomic E-state index is 12.1. The molecule has 0 bridgehead atoms. The van der Waals surface area contributed by atoms with Crippen LogP contribution in [0.25, 0.3) is 0 Å². The Morgan fingerprint density at radius 3 is 2.62 bits per heavy atom. The molecule has 0 radical (unpaired) electrons. The molecular formula is C19H26O5. The third kappa shape index (κ3) is 3.96. The van der Waals surface area contributed by atoms with E-state index in [1.807, 2.05) is 6.07 Å². The van der Waals surface area contributed by atoms with Gasteiger partial charge in [-0.25, -0.2) is 4.79 Å². The Morgan fingerprint density at radius 1 is 1.38 bits per heavy atom. The summed E-state index contributed by atoms with van der Waals surface area (Å²) < 4.78 is 10.2. The van der Waals surface area contributed by atoms with Crippen LogP contribution in [-0.2, 0) is 14.3 Å². The van der Waals surface area contributed by atoms with E-state index >= 15 is 0 Å². The lowest BCUT2D eigenvalue weighted by molar-refractivity contribution is -0.139. The van der Waals surface area contributed by atoms with Crippen LogP contribution < -0.4 is 0 Å². The standard InChI is InChI=1S/C19H26O5/c1-5-24-18(22)17-13(6-7-15(17)20)16(21)10-14(19(2,3)4)12-8-9-23-11-12/h8-9,11,14,16,21H,5-7,10H2,1-4H3/t14-,16-/m1/s1. The number of ether oxygens (including phenoxy) is 1. The second-order valence-corrected chi connectivity index (χ2v) is 7.27. The van der Waals surface area contributed by atoms with Crippen LogP contribution in [0.4, 0.5) is 0 Å². The first kappa shape index (κ1) is 18.5.